The lowest BCUT2D eigenvalue weighted by Crippen LogP contribution is -1.90. The van der Waals surface area contributed by atoms with Crippen LogP contribution in [0.2, 0.25) is 0 Å². The van der Waals surface area contributed by atoms with Crippen LogP contribution in [-0.2, 0) is 0 Å². The maximum absolute atomic E-state index is 8.66. The van der Waals surface area contributed by atoms with E-state index in [1.165, 1.54) is 0 Å². The minimum absolute atomic E-state index is 0.0694. The predicted octanol–water partition coefficient (Wildman–Crippen LogP) is 2.32. The first-order valence-electron chi connectivity index (χ1n) is 3.81. The summed E-state index contributed by atoms with van der Waals surface area (Å²) >= 11 is 0. The summed E-state index contributed by atoms with van der Waals surface area (Å²) in [7, 11) is 1.62. The standard InChI is InChI=1S/C10H11NO/c1-8(7-11)9-4-3-5-10(6-9)12-2/h3-6,8H,1-2H3/t8-/m1/s1. The lowest BCUT2D eigenvalue weighted by molar-refractivity contribution is 0.414. The van der Waals surface area contributed by atoms with Crippen molar-refractivity contribution in [1.29, 1.82) is 5.26 Å². The minimum Gasteiger partial charge on any atom is -0.497 e. The molecule has 0 aromatic heterocycles. The molecule has 0 radical (unpaired) electrons. The highest BCUT2D eigenvalue weighted by molar-refractivity contribution is 5.32. The second-order valence-electron chi connectivity index (χ2n) is 2.63. The number of nitrogens with zero attached hydrogens (tertiary/aromatic N) is 1. The smallest absolute Gasteiger partial charge is 0.119 e. The number of benzene rings is 1. The molecule has 0 amide bonds. The van der Waals surface area contributed by atoms with E-state index in [0.717, 1.165) is 11.3 Å². The summed E-state index contributed by atoms with van der Waals surface area (Å²) in [4.78, 5) is 0. The number of ether oxygens (including phenoxy) is 1. The average molecular weight is 161 g/mol. The third-order valence-corrected chi connectivity index (χ3v) is 1.79. The van der Waals surface area contributed by atoms with Crippen molar-refractivity contribution >= 4 is 0 Å². The Balaban J connectivity index is 2.95. The van der Waals surface area contributed by atoms with Gasteiger partial charge in [-0.25, -0.2) is 0 Å². The van der Waals surface area contributed by atoms with Gasteiger partial charge in [0.25, 0.3) is 0 Å². The zero-order valence-corrected chi connectivity index (χ0v) is 7.24. The maximum atomic E-state index is 8.66. The Morgan fingerprint density at radius 3 is 2.83 bits per heavy atom. The molecule has 0 bridgehead atoms. The van der Waals surface area contributed by atoms with Crippen LogP contribution in [0.5, 0.6) is 5.75 Å². The van der Waals surface area contributed by atoms with Crippen LogP contribution < -0.4 is 4.74 Å². The molecule has 0 fully saturated rings. The number of hydrogen-bond donors (Lipinski definition) is 0. The molecule has 0 saturated carbocycles. The van der Waals surface area contributed by atoms with Crippen molar-refractivity contribution in [2.24, 2.45) is 0 Å². The lowest BCUT2D eigenvalue weighted by atomic mass is 10.0. The van der Waals surface area contributed by atoms with Crippen molar-refractivity contribution in [1.82, 2.24) is 0 Å². The number of hydrogen-bond acceptors (Lipinski definition) is 2. The topological polar surface area (TPSA) is 33.0 Å². The van der Waals surface area contributed by atoms with Gasteiger partial charge in [0, 0.05) is 0 Å². The number of methoxy groups -OCH3 is 1. The van der Waals surface area contributed by atoms with Gasteiger partial charge in [-0.2, -0.15) is 5.26 Å². The Morgan fingerprint density at radius 2 is 2.25 bits per heavy atom. The van der Waals surface area contributed by atoms with E-state index in [9.17, 15) is 0 Å². The quantitative estimate of drug-likeness (QED) is 0.666. The Kier molecular flexibility index (Phi) is 2.71. The van der Waals surface area contributed by atoms with Crippen LogP contribution in [0.4, 0.5) is 0 Å². The van der Waals surface area contributed by atoms with E-state index in [1.807, 2.05) is 31.2 Å². The number of nitriles is 1. The maximum Gasteiger partial charge on any atom is 0.119 e. The molecule has 0 N–H and O–H groups in total. The molecule has 0 aliphatic heterocycles. The summed E-state index contributed by atoms with van der Waals surface area (Å²) in [6.45, 7) is 1.87. The molecule has 0 spiro atoms. The van der Waals surface area contributed by atoms with Crippen LogP contribution in [0.15, 0.2) is 24.3 Å². The molecule has 12 heavy (non-hydrogen) atoms. The van der Waals surface area contributed by atoms with Crippen molar-refractivity contribution in [2.45, 2.75) is 12.8 Å². The van der Waals surface area contributed by atoms with Gasteiger partial charge in [-0.1, -0.05) is 12.1 Å². The summed E-state index contributed by atoms with van der Waals surface area (Å²) in [5, 5.41) is 8.66. The monoisotopic (exact) mass is 161 g/mol. The summed E-state index contributed by atoms with van der Waals surface area (Å²) in [6, 6.07) is 9.75. The van der Waals surface area contributed by atoms with E-state index in [2.05, 4.69) is 6.07 Å². The van der Waals surface area contributed by atoms with Crippen molar-refractivity contribution in [2.75, 3.05) is 7.11 Å². The zero-order valence-electron chi connectivity index (χ0n) is 7.24. The SMILES string of the molecule is COc1cccc([C@H](C)C#N)c1. The normalized spacial score (nSPS) is 11.8. The first kappa shape index (κ1) is 8.61. The van der Waals surface area contributed by atoms with E-state index >= 15 is 0 Å². The van der Waals surface area contributed by atoms with Crippen LogP contribution in [0.1, 0.15) is 18.4 Å². The van der Waals surface area contributed by atoms with Gasteiger partial charge < -0.3 is 4.74 Å². The molecule has 2 heteroatoms. The van der Waals surface area contributed by atoms with Gasteiger partial charge in [-0.05, 0) is 24.6 Å². The van der Waals surface area contributed by atoms with Gasteiger partial charge in [-0.3, -0.25) is 0 Å². The summed E-state index contributed by atoms with van der Waals surface area (Å²) in [5.74, 6) is 0.731. The van der Waals surface area contributed by atoms with E-state index in [4.69, 9.17) is 10.00 Å². The molecular weight excluding hydrogens is 150 g/mol. The molecule has 2 nitrogen and oxygen atoms in total. The van der Waals surface area contributed by atoms with E-state index in [0.29, 0.717) is 0 Å². The molecule has 1 atom stereocenters. The average Bonchev–Trinajstić information content (AvgIpc) is 2.17. The third-order valence-electron chi connectivity index (χ3n) is 1.79. The fraction of sp³-hybridized carbons (Fsp3) is 0.300. The minimum atomic E-state index is -0.0694. The molecular formula is C10H11NO. The first-order chi connectivity index (χ1) is 5.77. The Bertz CT molecular complexity index is 301. The van der Waals surface area contributed by atoms with Crippen molar-refractivity contribution < 1.29 is 4.74 Å². The molecule has 0 unspecified atom stereocenters. The van der Waals surface area contributed by atoms with Crippen LogP contribution in [0.25, 0.3) is 0 Å². The molecule has 0 heterocycles. The fourth-order valence-corrected chi connectivity index (χ4v) is 0.985. The third kappa shape index (κ3) is 1.76. The Labute approximate surface area is 72.4 Å². The second-order valence-corrected chi connectivity index (χ2v) is 2.63. The van der Waals surface area contributed by atoms with E-state index in [1.54, 1.807) is 7.11 Å². The number of rotatable bonds is 2. The second kappa shape index (κ2) is 3.77. The van der Waals surface area contributed by atoms with Crippen molar-refractivity contribution in [3.63, 3.8) is 0 Å². The predicted molar refractivity (Wildman–Crippen MR) is 47.0 cm³/mol. The largest absolute Gasteiger partial charge is 0.497 e. The molecule has 1 rings (SSSR count). The van der Waals surface area contributed by atoms with Gasteiger partial charge in [0.1, 0.15) is 5.75 Å². The summed E-state index contributed by atoms with van der Waals surface area (Å²) < 4.78 is 5.04. The van der Waals surface area contributed by atoms with Gasteiger partial charge >= 0.3 is 0 Å². The molecule has 0 saturated heterocycles. The fourth-order valence-electron chi connectivity index (χ4n) is 0.985. The van der Waals surface area contributed by atoms with Gasteiger partial charge in [0.15, 0.2) is 0 Å². The molecule has 1 aromatic carbocycles. The lowest BCUT2D eigenvalue weighted by Gasteiger charge is -2.04. The first-order valence-corrected chi connectivity index (χ1v) is 3.81. The van der Waals surface area contributed by atoms with Gasteiger partial charge in [0.2, 0.25) is 0 Å². The highest BCUT2D eigenvalue weighted by atomic mass is 16.5. The molecule has 1 aromatic rings. The van der Waals surface area contributed by atoms with Gasteiger partial charge in [-0.15, -0.1) is 0 Å². The van der Waals surface area contributed by atoms with Crippen LogP contribution in [-0.4, -0.2) is 7.11 Å². The molecule has 0 aliphatic carbocycles. The van der Waals surface area contributed by atoms with E-state index in [-0.39, 0.29) is 5.92 Å². The van der Waals surface area contributed by atoms with Crippen LogP contribution >= 0.6 is 0 Å². The van der Waals surface area contributed by atoms with Crippen molar-refractivity contribution in [3.8, 4) is 11.8 Å². The van der Waals surface area contributed by atoms with Gasteiger partial charge in [0.05, 0.1) is 19.1 Å². The highest BCUT2D eigenvalue weighted by Crippen LogP contribution is 2.19. The van der Waals surface area contributed by atoms with Crippen LogP contribution in [0.3, 0.4) is 0 Å². The summed E-state index contributed by atoms with van der Waals surface area (Å²) in [5.41, 5.74) is 0.997. The van der Waals surface area contributed by atoms with E-state index < -0.39 is 0 Å². The van der Waals surface area contributed by atoms with Crippen LogP contribution in [0, 0.1) is 11.3 Å². The highest BCUT2D eigenvalue weighted by Gasteiger charge is 2.03. The van der Waals surface area contributed by atoms with Crippen molar-refractivity contribution in [3.05, 3.63) is 29.8 Å². The zero-order chi connectivity index (χ0) is 8.97. The Hall–Kier alpha value is -1.49. The Morgan fingerprint density at radius 1 is 1.50 bits per heavy atom. The molecule has 62 valence electrons. The molecule has 0 aliphatic rings. The summed E-state index contributed by atoms with van der Waals surface area (Å²) in [6.07, 6.45) is 0.